The Bertz CT molecular complexity index is 246. The van der Waals surface area contributed by atoms with E-state index in [1.807, 2.05) is 4.90 Å². The molecule has 0 aliphatic carbocycles. The number of hydrogen-bond acceptors (Lipinski definition) is 3. The SMILES string of the molecule is CCCOCCCN1C(=O)C(CCC)NC1CC. The topological polar surface area (TPSA) is 41.6 Å². The molecule has 4 heteroatoms. The second-order valence-electron chi connectivity index (χ2n) is 4.93. The number of rotatable bonds is 9. The van der Waals surface area contributed by atoms with Crippen LogP contribution in [0.15, 0.2) is 0 Å². The summed E-state index contributed by atoms with van der Waals surface area (Å²) in [5.74, 6) is 0.277. The summed E-state index contributed by atoms with van der Waals surface area (Å²) in [5.41, 5.74) is 0. The van der Waals surface area contributed by atoms with Crippen molar-refractivity contribution in [3.8, 4) is 0 Å². The summed E-state index contributed by atoms with van der Waals surface area (Å²) in [6.07, 6.45) is 5.18. The van der Waals surface area contributed by atoms with E-state index in [0.717, 1.165) is 51.9 Å². The van der Waals surface area contributed by atoms with Crippen molar-refractivity contribution in [2.24, 2.45) is 0 Å². The minimum Gasteiger partial charge on any atom is -0.381 e. The molecule has 1 N–H and O–H groups in total. The summed E-state index contributed by atoms with van der Waals surface area (Å²) >= 11 is 0. The minimum atomic E-state index is 0.0384. The van der Waals surface area contributed by atoms with Gasteiger partial charge in [-0.25, -0.2) is 0 Å². The molecule has 0 aromatic carbocycles. The van der Waals surface area contributed by atoms with Crippen LogP contribution in [-0.4, -0.2) is 42.8 Å². The molecule has 2 atom stereocenters. The van der Waals surface area contributed by atoms with E-state index in [9.17, 15) is 4.79 Å². The fourth-order valence-corrected chi connectivity index (χ4v) is 2.43. The number of carbonyl (C=O) groups is 1. The third-order valence-electron chi connectivity index (χ3n) is 3.35. The smallest absolute Gasteiger partial charge is 0.241 e. The van der Waals surface area contributed by atoms with E-state index in [4.69, 9.17) is 4.74 Å². The van der Waals surface area contributed by atoms with Crippen molar-refractivity contribution in [1.82, 2.24) is 10.2 Å². The number of nitrogens with zero attached hydrogens (tertiary/aromatic N) is 1. The molecule has 18 heavy (non-hydrogen) atoms. The zero-order chi connectivity index (χ0) is 13.4. The summed E-state index contributed by atoms with van der Waals surface area (Å²) in [4.78, 5) is 14.2. The fraction of sp³-hybridized carbons (Fsp3) is 0.929. The van der Waals surface area contributed by atoms with Crippen molar-refractivity contribution in [1.29, 1.82) is 0 Å². The Morgan fingerprint density at radius 3 is 2.61 bits per heavy atom. The lowest BCUT2D eigenvalue weighted by Crippen LogP contribution is -2.37. The monoisotopic (exact) mass is 256 g/mol. The fourth-order valence-electron chi connectivity index (χ4n) is 2.43. The van der Waals surface area contributed by atoms with Crippen LogP contribution >= 0.6 is 0 Å². The van der Waals surface area contributed by atoms with E-state index >= 15 is 0 Å². The molecule has 0 aromatic heterocycles. The molecule has 0 bridgehead atoms. The lowest BCUT2D eigenvalue weighted by atomic mass is 10.2. The van der Waals surface area contributed by atoms with Gasteiger partial charge >= 0.3 is 0 Å². The zero-order valence-electron chi connectivity index (χ0n) is 12.1. The highest BCUT2D eigenvalue weighted by atomic mass is 16.5. The molecule has 1 rings (SSSR count). The molecule has 106 valence electrons. The molecule has 1 fully saturated rings. The second-order valence-corrected chi connectivity index (χ2v) is 4.93. The Kier molecular flexibility index (Phi) is 7.28. The van der Waals surface area contributed by atoms with E-state index in [2.05, 4.69) is 26.1 Å². The summed E-state index contributed by atoms with van der Waals surface area (Å²) in [6, 6.07) is 0.0384. The van der Waals surface area contributed by atoms with Gasteiger partial charge in [0.05, 0.1) is 12.2 Å². The molecule has 1 heterocycles. The number of nitrogens with one attached hydrogen (secondary N) is 1. The zero-order valence-corrected chi connectivity index (χ0v) is 12.1. The molecule has 4 nitrogen and oxygen atoms in total. The first-order chi connectivity index (χ1) is 8.74. The predicted octanol–water partition coefficient (Wildman–Crippen LogP) is 2.14. The van der Waals surface area contributed by atoms with Crippen LogP contribution in [0, 0.1) is 0 Å². The van der Waals surface area contributed by atoms with Crippen LogP contribution < -0.4 is 5.32 Å². The Morgan fingerprint density at radius 2 is 2.00 bits per heavy atom. The average molecular weight is 256 g/mol. The van der Waals surface area contributed by atoms with Crippen molar-refractivity contribution >= 4 is 5.91 Å². The summed E-state index contributed by atoms with van der Waals surface area (Å²) in [6.45, 7) is 8.75. The lowest BCUT2D eigenvalue weighted by molar-refractivity contribution is -0.130. The first kappa shape index (κ1) is 15.4. The van der Waals surface area contributed by atoms with Gasteiger partial charge in [-0.05, 0) is 25.7 Å². The maximum atomic E-state index is 12.2. The number of hydrogen-bond donors (Lipinski definition) is 1. The van der Waals surface area contributed by atoms with Crippen molar-refractivity contribution < 1.29 is 9.53 Å². The standard InChI is InChI=1S/C14H28N2O2/c1-4-8-12-14(17)16(13(6-3)15-12)9-7-11-18-10-5-2/h12-13,15H,4-11H2,1-3H3. The molecule has 1 aliphatic rings. The Morgan fingerprint density at radius 1 is 1.22 bits per heavy atom. The van der Waals surface area contributed by atoms with Gasteiger partial charge in [0, 0.05) is 19.8 Å². The molecule has 2 unspecified atom stereocenters. The van der Waals surface area contributed by atoms with Crippen LogP contribution in [0.2, 0.25) is 0 Å². The Labute approximate surface area is 111 Å². The highest BCUT2D eigenvalue weighted by molar-refractivity contribution is 5.84. The third-order valence-corrected chi connectivity index (χ3v) is 3.35. The molecule has 1 amide bonds. The van der Waals surface area contributed by atoms with Crippen molar-refractivity contribution in [2.75, 3.05) is 19.8 Å². The van der Waals surface area contributed by atoms with Gasteiger partial charge in [0.15, 0.2) is 0 Å². The van der Waals surface area contributed by atoms with Gasteiger partial charge in [0.25, 0.3) is 0 Å². The minimum absolute atomic E-state index is 0.0384. The summed E-state index contributed by atoms with van der Waals surface area (Å²) < 4.78 is 5.46. The highest BCUT2D eigenvalue weighted by Gasteiger charge is 2.36. The molecular weight excluding hydrogens is 228 g/mol. The maximum absolute atomic E-state index is 12.2. The molecule has 0 aromatic rings. The maximum Gasteiger partial charge on any atom is 0.241 e. The normalized spacial score (nSPS) is 23.9. The molecule has 0 radical (unpaired) electrons. The van der Waals surface area contributed by atoms with Gasteiger partial charge in [0.1, 0.15) is 0 Å². The molecule has 1 saturated heterocycles. The van der Waals surface area contributed by atoms with Crippen molar-refractivity contribution in [2.45, 2.75) is 65.1 Å². The van der Waals surface area contributed by atoms with Gasteiger partial charge in [-0.1, -0.05) is 27.2 Å². The Balaban J connectivity index is 2.34. The number of carbonyl (C=O) groups excluding carboxylic acids is 1. The quantitative estimate of drug-likeness (QED) is 0.643. The predicted molar refractivity (Wildman–Crippen MR) is 73.4 cm³/mol. The van der Waals surface area contributed by atoms with Crippen LogP contribution in [0.4, 0.5) is 0 Å². The Hall–Kier alpha value is -0.610. The van der Waals surface area contributed by atoms with E-state index in [1.165, 1.54) is 0 Å². The van der Waals surface area contributed by atoms with Crippen LogP contribution in [0.5, 0.6) is 0 Å². The van der Waals surface area contributed by atoms with Gasteiger partial charge in [0.2, 0.25) is 5.91 Å². The van der Waals surface area contributed by atoms with E-state index in [0.29, 0.717) is 0 Å². The first-order valence-corrected chi connectivity index (χ1v) is 7.38. The van der Waals surface area contributed by atoms with Crippen molar-refractivity contribution in [3.63, 3.8) is 0 Å². The van der Waals surface area contributed by atoms with Gasteiger partial charge in [-0.15, -0.1) is 0 Å². The van der Waals surface area contributed by atoms with E-state index < -0.39 is 0 Å². The number of amides is 1. The van der Waals surface area contributed by atoms with Crippen LogP contribution in [0.1, 0.15) is 52.9 Å². The largest absolute Gasteiger partial charge is 0.381 e. The molecular formula is C14H28N2O2. The van der Waals surface area contributed by atoms with Crippen LogP contribution in [0.25, 0.3) is 0 Å². The van der Waals surface area contributed by atoms with Crippen molar-refractivity contribution in [3.05, 3.63) is 0 Å². The van der Waals surface area contributed by atoms with Gasteiger partial charge < -0.3 is 9.64 Å². The van der Waals surface area contributed by atoms with Gasteiger partial charge in [-0.2, -0.15) is 0 Å². The molecule has 0 spiro atoms. The lowest BCUT2D eigenvalue weighted by Gasteiger charge is -2.22. The van der Waals surface area contributed by atoms with E-state index in [-0.39, 0.29) is 18.1 Å². The summed E-state index contributed by atoms with van der Waals surface area (Å²) in [5, 5.41) is 3.43. The van der Waals surface area contributed by atoms with E-state index in [1.54, 1.807) is 0 Å². The van der Waals surface area contributed by atoms with Gasteiger partial charge in [-0.3, -0.25) is 10.1 Å². The number of ether oxygens (including phenoxy) is 1. The van der Waals surface area contributed by atoms with Crippen LogP contribution in [0.3, 0.4) is 0 Å². The summed E-state index contributed by atoms with van der Waals surface area (Å²) in [7, 11) is 0. The molecule has 1 aliphatic heterocycles. The second kappa shape index (κ2) is 8.48. The third kappa shape index (κ3) is 4.25. The average Bonchev–Trinajstić information content (AvgIpc) is 2.67. The first-order valence-electron chi connectivity index (χ1n) is 7.38. The highest BCUT2D eigenvalue weighted by Crippen LogP contribution is 2.17. The molecule has 0 saturated carbocycles. The van der Waals surface area contributed by atoms with Crippen LogP contribution in [-0.2, 0) is 9.53 Å².